The third kappa shape index (κ3) is 3.53. The average molecular weight is 317 g/mol. The van der Waals surface area contributed by atoms with Crippen molar-refractivity contribution in [3.8, 4) is 17.6 Å². The number of methoxy groups -OCH3 is 2. The van der Waals surface area contributed by atoms with Crippen molar-refractivity contribution in [2.75, 3.05) is 14.2 Å². The van der Waals surface area contributed by atoms with Gasteiger partial charge in [0.1, 0.15) is 0 Å². The van der Waals surface area contributed by atoms with Crippen LogP contribution in [0.2, 0.25) is 0 Å². The first kappa shape index (κ1) is 18.7. The zero-order chi connectivity index (χ0) is 17.6. The van der Waals surface area contributed by atoms with Crippen LogP contribution < -0.4 is 9.47 Å². The lowest BCUT2D eigenvalue weighted by atomic mass is 9.69. The molecule has 0 bridgehead atoms. The van der Waals surface area contributed by atoms with Gasteiger partial charge in [-0.2, -0.15) is 5.26 Å². The van der Waals surface area contributed by atoms with E-state index in [0.717, 1.165) is 0 Å². The molecule has 1 rings (SSSR count). The molecule has 0 aliphatic rings. The molecule has 0 radical (unpaired) electrons. The van der Waals surface area contributed by atoms with Crippen LogP contribution in [-0.2, 0) is 15.0 Å². The topological polar surface area (TPSA) is 76.4 Å². The average Bonchev–Trinajstić information content (AvgIpc) is 2.60. The van der Waals surface area contributed by atoms with Gasteiger partial charge in [0.05, 0.1) is 25.7 Å². The van der Waals surface area contributed by atoms with Crippen LogP contribution in [0, 0.1) is 17.2 Å². The van der Waals surface area contributed by atoms with Crippen molar-refractivity contribution in [1.29, 1.82) is 5.26 Å². The van der Waals surface area contributed by atoms with Gasteiger partial charge in [0, 0.05) is 12.3 Å². The third-order valence-corrected chi connectivity index (χ3v) is 4.23. The van der Waals surface area contributed by atoms with E-state index in [1.54, 1.807) is 32.0 Å². The summed E-state index contributed by atoms with van der Waals surface area (Å²) in [5.41, 5.74) is -0.488. The van der Waals surface area contributed by atoms with E-state index in [-0.39, 0.29) is 6.42 Å². The molecule has 0 heterocycles. The highest BCUT2D eigenvalue weighted by atomic mass is 16.5. The van der Waals surface area contributed by atoms with E-state index < -0.39 is 22.9 Å². The number of hydrogen-bond donors (Lipinski definition) is 0. The standard InChI is InChI=1S/C18H23NO4/c1-6-13(17(21)14(20)7-2)18(3,11-19)12-8-9-15(22-4)16(10-12)23-5/h8-10,13H,6-7H2,1-5H3. The molecule has 23 heavy (non-hydrogen) atoms. The number of ketones is 2. The van der Waals surface area contributed by atoms with E-state index in [9.17, 15) is 14.9 Å². The lowest BCUT2D eigenvalue weighted by Crippen LogP contribution is -2.39. The number of carbonyl (C=O) groups is 2. The van der Waals surface area contributed by atoms with Gasteiger partial charge in [0.15, 0.2) is 17.3 Å². The zero-order valence-electron chi connectivity index (χ0n) is 14.3. The fourth-order valence-corrected chi connectivity index (χ4v) is 2.73. The Hall–Kier alpha value is -2.35. The summed E-state index contributed by atoms with van der Waals surface area (Å²) in [5, 5.41) is 9.75. The second-order valence-corrected chi connectivity index (χ2v) is 5.49. The minimum atomic E-state index is -1.11. The lowest BCUT2D eigenvalue weighted by Gasteiger charge is -2.30. The molecule has 0 saturated carbocycles. The fraction of sp³-hybridized carbons (Fsp3) is 0.500. The Balaban J connectivity index is 3.40. The van der Waals surface area contributed by atoms with Crippen molar-refractivity contribution in [2.45, 2.75) is 39.0 Å². The Morgan fingerprint density at radius 1 is 1.22 bits per heavy atom. The van der Waals surface area contributed by atoms with Gasteiger partial charge in [-0.15, -0.1) is 0 Å². The predicted octanol–water partition coefficient (Wildman–Crippen LogP) is 3.06. The van der Waals surface area contributed by atoms with Crippen LogP contribution >= 0.6 is 0 Å². The quantitative estimate of drug-likeness (QED) is 0.689. The normalized spacial score (nSPS) is 14.3. The third-order valence-electron chi connectivity index (χ3n) is 4.23. The number of rotatable bonds is 8. The fourth-order valence-electron chi connectivity index (χ4n) is 2.73. The van der Waals surface area contributed by atoms with Crippen LogP contribution in [0.25, 0.3) is 0 Å². The molecule has 1 aromatic rings. The molecule has 0 aliphatic heterocycles. The van der Waals surface area contributed by atoms with Gasteiger partial charge in [-0.05, 0) is 31.0 Å². The minimum Gasteiger partial charge on any atom is -0.493 e. The van der Waals surface area contributed by atoms with E-state index in [0.29, 0.717) is 23.5 Å². The maximum Gasteiger partial charge on any atom is 0.203 e. The van der Waals surface area contributed by atoms with E-state index in [2.05, 4.69) is 6.07 Å². The molecule has 0 spiro atoms. The summed E-state index contributed by atoms with van der Waals surface area (Å²) < 4.78 is 10.5. The maximum absolute atomic E-state index is 12.4. The summed E-state index contributed by atoms with van der Waals surface area (Å²) in [6, 6.07) is 7.34. The van der Waals surface area contributed by atoms with E-state index in [4.69, 9.17) is 9.47 Å². The van der Waals surface area contributed by atoms with Gasteiger partial charge in [-0.25, -0.2) is 0 Å². The van der Waals surface area contributed by atoms with Crippen LogP contribution in [0.4, 0.5) is 0 Å². The summed E-state index contributed by atoms with van der Waals surface area (Å²) in [6.45, 7) is 5.14. The number of benzene rings is 1. The Labute approximate surface area is 137 Å². The Bertz CT molecular complexity index is 632. The molecule has 124 valence electrons. The molecular formula is C18H23NO4. The Kier molecular flexibility index (Phi) is 6.32. The monoisotopic (exact) mass is 317 g/mol. The van der Waals surface area contributed by atoms with Gasteiger partial charge < -0.3 is 9.47 Å². The van der Waals surface area contributed by atoms with E-state index in [1.165, 1.54) is 14.2 Å². The van der Waals surface area contributed by atoms with Crippen LogP contribution in [0.1, 0.15) is 39.2 Å². The van der Waals surface area contributed by atoms with Crippen LogP contribution in [0.15, 0.2) is 18.2 Å². The first-order valence-electron chi connectivity index (χ1n) is 7.60. The number of Topliss-reactive ketones (excluding diaryl/α,β-unsaturated/α-hetero) is 2. The molecule has 0 saturated heterocycles. The van der Waals surface area contributed by atoms with E-state index >= 15 is 0 Å². The highest BCUT2D eigenvalue weighted by molar-refractivity contribution is 6.38. The van der Waals surface area contributed by atoms with Crippen LogP contribution in [0.3, 0.4) is 0 Å². The second-order valence-electron chi connectivity index (χ2n) is 5.49. The number of nitriles is 1. The molecule has 5 nitrogen and oxygen atoms in total. The molecule has 5 heteroatoms. The van der Waals surface area contributed by atoms with Gasteiger partial charge in [-0.1, -0.05) is 19.9 Å². The van der Waals surface area contributed by atoms with Crippen molar-refractivity contribution >= 4 is 11.6 Å². The van der Waals surface area contributed by atoms with Gasteiger partial charge in [-0.3, -0.25) is 9.59 Å². The molecule has 0 amide bonds. The van der Waals surface area contributed by atoms with Crippen LogP contribution in [-0.4, -0.2) is 25.8 Å². The second kappa shape index (κ2) is 7.77. The number of hydrogen-bond acceptors (Lipinski definition) is 5. The van der Waals surface area contributed by atoms with Crippen molar-refractivity contribution in [1.82, 2.24) is 0 Å². The maximum atomic E-state index is 12.4. The smallest absolute Gasteiger partial charge is 0.203 e. The molecule has 0 fully saturated rings. The lowest BCUT2D eigenvalue weighted by molar-refractivity contribution is -0.139. The summed E-state index contributed by atoms with van der Waals surface area (Å²) in [4.78, 5) is 24.2. The number of carbonyl (C=O) groups excluding carboxylic acids is 2. The largest absolute Gasteiger partial charge is 0.493 e. The highest BCUT2D eigenvalue weighted by Gasteiger charge is 2.42. The molecule has 0 aromatic heterocycles. The van der Waals surface area contributed by atoms with Crippen molar-refractivity contribution in [2.24, 2.45) is 5.92 Å². The van der Waals surface area contributed by atoms with Gasteiger partial charge in [0.25, 0.3) is 0 Å². The van der Waals surface area contributed by atoms with Crippen molar-refractivity contribution in [3.63, 3.8) is 0 Å². The SMILES string of the molecule is CCC(=O)C(=O)C(CC)C(C)(C#N)c1ccc(OC)c(OC)c1. The minimum absolute atomic E-state index is 0.142. The summed E-state index contributed by atoms with van der Waals surface area (Å²) in [5.74, 6) is -0.609. The molecule has 2 atom stereocenters. The van der Waals surface area contributed by atoms with Crippen molar-refractivity contribution < 1.29 is 19.1 Å². The number of nitrogens with zero attached hydrogens (tertiary/aromatic N) is 1. The van der Waals surface area contributed by atoms with Gasteiger partial charge in [0.2, 0.25) is 5.78 Å². The summed E-state index contributed by atoms with van der Waals surface area (Å²) >= 11 is 0. The van der Waals surface area contributed by atoms with Gasteiger partial charge >= 0.3 is 0 Å². The summed E-state index contributed by atoms with van der Waals surface area (Å²) in [7, 11) is 3.04. The van der Waals surface area contributed by atoms with Crippen molar-refractivity contribution in [3.05, 3.63) is 23.8 Å². The first-order chi connectivity index (χ1) is 10.9. The molecule has 0 N–H and O–H groups in total. The first-order valence-corrected chi connectivity index (χ1v) is 7.60. The Morgan fingerprint density at radius 2 is 1.83 bits per heavy atom. The molecule has 1 aromatic carbocycles. The zero-order valence-corrected chi connectivity index (χ0v) is 14.3. The van der Waals surface area contributed by atoms with E-state index in [1.807, 2.05) is 6.92 Å². The predicted molar refractivity (Wildman–Crippen MR) is 86.6 cm³/mol. The summed E-state index contributed by atoms with van der Waals surface area (Å²) in [6.07, 6.45) is 0.547. The number of ether oxygens (including phenoxy) is 2. The Morgan fingerprint density at radius 3 is 2.26 bits per heavy atom. The molecular weight excluding hydrogens is 294 g/mol. The van der Waals surface area contributed by atoms with Crippen LogP contribution in [0.5, 0.6) is 11.5 Å². The molecule has 2 unspecified atom stereocenters. The highest BCUT2D eigenvalue weighted by Crippen LogP contribution is 2.39. The molecule has 0 aliphatic carbocycles.